The van der Waals surface area contributed by atoms with Crippen molar-refractivity contribution in [3.63, 3.8) is 0 Å². The first-order chi connectivity index (χ1) is 9.08. The summed E-state index contributed by atoms with van der Waals surface area (Å²) >= 11 is 1.53. The van der Waals surface area contributed by atoms with Gasteiger partial charge < -0.3 is 10.4 Å². The molecule has 1 fully saturated rings. The van der Waals surface area contributed by atoms with Crippen LogP contribution in [0.2, 0.25) is 0 Å². The van der Waals surface area contributed by atoms with Crippen molar-refractivity contribution in [3.8, 4) is 0 Å². The molecule has 0 aliphatic heterocycles. The van der Waals surface area contributed by atoms with E-state index in [0.717, 1.165) is 5.69 Å². The van der Waals surface area contributed by atoms with E-state index in [4.69, 9.17) is 5.11 Å². The molecule has 1 aromatic rings. The van der Waals surface area contributed by atoms with Gasteiger partial charge in [0.05, 0.1) is 23.0 Å². The number of carboxylic acids is 1. The number of hydrogen-bond acceptors (Lipinski definition) is 4. The molecule has 1 unspecified atom stereocenters. The Balaban J connectivity index is 1.83. The molecule has 19 heavy (non-hydrogen) atoms. The van der Waals surface area contributed by atoms with E-state index in [0.29, 0.717) is 31.7 Å². The number of aromatic nitrogens is 1. The van der Waals surface area contributed by atoms with Gasteiger partial charge in [0, 0.05) is 18.3 Å². The summed E-state index contributed by atoms with van der Waals surface area (Å²) in [5.41, 5.74) is 2.72. The van der Waals surface area contributed by atoms with Crippen molar-refractivity contribution >= 4 is 23.2 Å². The summed E-state index contributed by atoms with van der Waals surface area (Å²) in [4.78, 5) is 27.3. The zero-order valence-electron chi connectivity index (χ0n) is 10.8. The van der Waals surface area contributed by atoms with Gasteiger partial charge in [0.2, 0.25) is 5.91 Å². The normalized spacial score (nSPS) is 26.3. The first kappa shape index (κ1) is 14.0. The summed E-state index contributed by atoms with van der Waals surface area (Å²) in [6, 6.07) is 0. The highest BCUT2D eigenvalue weighted by molar-refractivity contribution is 7.07. The highest BCUT2D eigenvalue weighted by atomic mass is 32.1. The maximum Gasteiger partial charge on any atom is 0.307 e. The summed E-state index contributed by atoms with van der Waals surface area (Å²) in [5.74, 6) is -1.61. The summed E-state index contributed by atoms with van der Waals surface area (Å²) in [5, 5.41) is 13.9. The number of carbonyl (C=O) groups excluding carboxylic acids is 1. The maximum atomic E-state index is 12.0. The Hall–Kier alpha value is -1.43. The van der Waals surface area contributed by atoms with Gasteiger partial charge in [0.1, 0.15) is 0 Å². The third-order valence-corrected chi connectivity index (χ3v) is 4.25. The van der Waals surface area contributed by atoms with E-state index in [1.54, 1.807) is 5.51 Å². The number of aliphatic carboxylic acids is 1. The Morgan fingerprint density at radius 3 is 2.84 bits per heavy atom. The summed E-state index contributed by atoms with van der Waals surface area (Å²) < 4.78 is 0. The molecule has 1 heterocycles. The lowest BCUT2D eigenvalue weighted by molar-refractivity contribution is -0.146. The molecule has 1 saturated carbocycles. The second-order valence-electron chi connectivity index (χ2n) is 5.15. The Bertz CT molecular complexity index is 447. The lowest BCUT2D eigenvalue weighted by Gasteiger charge is -2.15. The van der Waals surface area contributed by atoms with Crippen molar-refractivity contribution in [3.05, 3.63) is 16.6 Å². The zero-order valence-corrected chi connectivity index (χ0v) is 11.7. The molecular weight excluding hydrogens is 264 g/mol. The molecule has 1 amide bonds. The van der Waals surface area contributed by atoms with Crippen molar-refractivity contribution in [1.82, 2.24) is 10.3 Å². The van der Waals surface area contributed by atoms with Crippen molar-refractivity contribution in [2.75, 3.05) is 6.54 Å². The zero-order chi connectivity index (χ0) is 13.8. The fourth-order valence-electron chi connectivity index (χ4n) is 2.66. The molecule has 5 nitrogen and oxygen atoms in total. The lowest BCUT2D eigenvalue weighted by Crippen LogP contribution is -2.36. The monoisotopic (exact) mass is 282 g/mol. The van der Waals surface area contributed by atoms with Gasteiger partial charge in [-0.25, -0.2) is 4.98 Å². The molecule has 0 radical (unpaired) electrons. The molecule has 104 valence electrons. The number of rotatable bonds is 5. The quantitative estimate of drug-likeness (QED) is 0.858. The van der Waals surface area contributed by atoms with Gasteiger partial charge in [-0.15, -0.1) is 11.3 Å². The first-order valence-electron chi connectivity index (χ1n) is 6.45. The van der Waals surface area contributed by atoms with Crippen molar-refractivity contribution < 1.29 is 14.7 Å². The van der Waals surface area contributed by atoms with Crippen LogP contribution >= 0.6 is 11.3 Å². The number of carbonyl (C=O) groups is 2. The van der Waals surface area contributed by atoms with Crippen LogP contribution in [0, 0.1) is 17.8 Å². The van der Waals surface area contributed by atoms with Crippen molar-refractivity contribution in [2.45, 2.75) is 26.2 Å². The van der Waals surface area contributed by atoms with Crippen molar-refractivity contribution in [1.29, 1.82) is 0 Å². The average molecular weight is 282 g/mol. The fraction of sp³-hybridized carbons (Fsp3) is 0.615. The molecule has 1 aliphatic rings. The largest absolute Gasteiger partial charge is 0.481 e. The van der Waals surface area contributed by atoms with Gasteiger partial charge >= 0.3 is 5.97 Å². The standard InChI is InChI=1S/C13H18N2O3S/c1-8-4-10(11(5-8)13(17)18)12(16)14-3-2-9-6-19-7-15-9/h6-8,10-11H,2-5H2,1H3,(H,14,16)(H,17,18)/t8?,10-,11+/m0/s1. The predicted octanol–water partition coefficient (Wildman–Crippen LogP) is 1.55. The van der Waals surface area contributed by atoms with Gasteiger partial charge in [0.25, 0.3) is 0 Å². The van der Waals surface area contributed by atoms with Crippen LogP contribution in [0.15, 0.2) is 10.9 Å². The molecule has 2 N–H and O–H groups in total. The fourth-order valence-corrected chi connectivity index (χ4v) is 3.25. The molecule has 6 heteroatoms. The Kier molecular flexibility index (Phi) is 4.52. The molecule has 1 aliphatic carbocycles. The highest BCUT2D eigenvalue weighted by Gasteiger charge is 2.40. The molecule has 2 rings (SSSR count). The van der Waals surface area contributed by atoms with Crippen LogP contribution in [0.25, 0.3) is 0 Å². The van der Waals surface area contributed by atoms with Gasteiger partial charge in [-0.2, -0.15) is 0 Å². The van der Waals surface area contributed by atoms with Gasteiger partial charge in [-0.1, -0.05) is 6.92 Å². The predicted molar refractivity (Wildman–Crippen MR) is 71.8 cm³/mol. The first-order valence-corrected chi connectivity index (χ1v) is 7.39. The number of hydrogen-bond donors (Lipinski definition) is 2. The van der Waals surface area contributed by atoms with Crippen LogP contribution in [0.5, 0.6) is 0 Å². The van der Waals surface area contributed by atoms with E-state index in [2.05, 4.69) is 10.3 Å². The second kappa shape index (κ2) is 6.14. The Morgan fingerprint density at radius 2 is 2.21 bits per heavy atom. The number of carboxylic acid groups (broad SMARTS) is 1. The van der Waals surface area contributed by atoms with E-state index in [1.165, 1.54) is 11.3 Å². The van der Waals surface area contributed by atoms with Gasteiger partial charge in [-0.05, 0) is 18.8 Å². The lowest BCUT2D eigenvalue weighted by atomic mass is 9.95. The SMILES string of the molecule is CC1C[C@H](C(=O)NCCc2cscn2)[C@H](C(=O)O)C1. The minimum Gasteiger partial charge on any atom is -0.481 e. The molecule has 0 aromatic carbocycles. The minimum absolute atomic E-state index is 0.132. The highest BCUT2D eigenvalue weighted by Crippen LogP contribution is 2.36. The second-order valence-corrected chi connectivity index (χ2v) is 5.87. The average Bonchev–Trinajstić information content (AvgIpc) is 2.98. The van der Waals surface area contributed by atoms with E-state index in [9.17, 15) is 9.59 Å². The number of nitrogens with zero attached hydrogens (tertiary/aromatic N) is 1. The topological polar surface area (TPSA) is 79.3 Å². The minimum atomic E-state index is -0.857. The van der Waals surface area contributed by atoms with Crippen LogP contribution in [0.3, 0.4) is 0 Å². The van der Waals surface area contributed by atoms with Gasteiger partial charge in [-0.3, -0.25) is 9.59 Å². The molecule has 3 atom stereocenters. The molecule has 0 saturated heterocycles. The van der Waals surface area contributed by atoms with Crippen LogP contribution in [-0.4, -0.2) is 28.5 Å². The third kappa shape index (κ3) is 3.53. The van der Waals surface area contributed by atoms with Crippen molar-refractivity contribution in [2.24, 2.45) is 17.8 Å². The molecular formula is C13H18N2O3S. The van der Waals surface area contributed by atoms with E-state index in [1.807, 2.05) is 12.3 Å². The Morgan fingerprint density at radius 1 is 1.47 bits per heavy atom. The smallest absolute Gasteiger partial charge is 0.307 e. The maximum absolute atomic E-state index is 12.0. The molecule has 1 aromatic heterocycles. The molecule has 0 bridgehead atoms. The van der Waals surface area contributed by atoms with Crippen LogP contribution in [-0.2, 0) is 16.0 Å². The van der Waals surface area contributed by atoms with Crippen LogP contribution < -0.4 is 5.32 Å². The number of amides is 1. The Labute approximate surface area is 116 Å². The third-order valence-electron chi connectivity index (χ3n) is 3.62. The summed E-state index contributed by atoms with van der Waals surface area (Å²) in [7, 11) is 0. The summed E-state index contributed by atoms with van der Waals surface area (Å²) in [6.07, 6.45) is 1.95. The van der Waals surface area contributed by atoms with E-state index in [-0.39, 0.29) is 11.8 Å². The number of thiazole rings is 1. The summed E-state index contributed by atoms with van der Waals surface area (Å²) in [6.45, 7) is 2.51. The van der Waals surface area contributed by atoms with Crippen LogP contribution in [0.1, 0.15) is 25.5 Å². The van der Waals surface area contributed by atoms with E-state index >= 15 is 0 Å². The van der Waals surface area contributed by atoms with Crippen LogP contribution in [0.4, 0.5) is 0 Å². The van der Waals surface area contributed by atoms with Gasteiger partial charge in [0.15, 0.2) is 0 Å². The van der Waals surface area contributed by atoms with E-state index < -0.39 is 11.9 Å². The number of nitrogens with one attached hydrogen (secondary N) is 1. The molecule has 0 spiro atoms.